The SMILES string of the molecule is CCC(C)(CC)C[Si](OC(C)C)(OC(C)C)OC(C)C. The molecule has 0 rings (SSSR count). The summed E-state index contributed by atoms with van der Waals surface area (Å²) in [6, 6.07) is 0.890. The van der Waals surface area contributed by atoms with Gasteiger partial charge in [0.15, 0.2) is 0 Å². The molecule has 0 aromatic carbocycles. The third kappa shape index (κ3) is 7.20. The van der Waals surface area contributed by atoms with E-state index in [1.54, 1.807) is 0 Å². The zero-order valence-electron chi connectivity index (χ0n) is 15.1. The van der Waals surface area contributed by atoms with Gasteiger partial charge >= 0.3 is 8.80 Å². The van der Waals surface area contributed by atoms with Crippen LogP contribution in [-0.4, -0.2) is 27.1 Å². The fraction of sp³-hybridized carbons (Fsp3) is 1.00. The Balaban J connectivity index is 5.34. The minimum Gasteiger partial charge on any atom is -0.371 e. The minimum atomic E-state index is -2.66. The van der Waals surface area contributed by atoms with Crippen LogP contribution in [0.1, 0.15) is 75.2 Å². The lowest BCUT2D eigenvalue weighted by atomic mass is 9.87. The minimum absolute atomic E-state index is 0.122. The topological polar surface area (TPSA) is 27.7 Å². The Morgan fingerprint density at radius 3 is 1.25 bits per heavy atom. The molecule has 0 N–H and O–H groups in total. The van der Waals surface area contributed by atoms with Gasteiger partial charge in [-0.15, -0.1) is 0 Å². The van der Waals surface area contributed by atoms with E-state index in [1.165, 1.54) is 0 Å². The van der Waals surface area contributed by atoms with Gasteiger partial charge in [-0.1, -0.05) is 33.6 Å². The van der Waals surface area contributed by atoms with Crippen LogP contribution in [0, 0.1) is 5.41 Å². The Hall–Kier alpha value is 0.0969. The molecule has 0 radical (unpaired) electrons. The lowest BCUT2D eigenvalue weighted by Crippen LogP contribution is -2.53. The number of hydrogen-bond acceptors (Lipinski definition) is 3. The molecule has 0 unspecified atom stereocenters. The van der Waals surface area contributed by atoms with Crippen LogP contribution in [0.3, 0.4) is 0 Å². The van der Waals surface area contributed by atoms with Gasteiger partial charge in [0.1, 0.15) is 0 Å². The second-order valence-corrected chi connectivity index (χ2v) is 9.30. The fourth-order valence-corrected chi connectivity index (χ4v) is 6.43. The number of rotatable bonds is 10. The van der Waals surface area contributed by atoms with Gasteiger partial charge in [0.25, 0.3) is 0 Å². The van der Waals surface area contributed by atoms with Gasteiger partial charge < -0.3 is 13.3 Å². The van der Waals surface area contributed by atoms with Crippen LogP contribution in [-0.2, 0) is 13.3 Å². The van der Waals surface area contributed by atoms with Crippen molar-refractivity contribution in [2.75, 3.05) is 0 Å². The summed E-state index contributed by atoms with van der Waals surface area (Å²) < 4.78 is 18.8. The van der Waals surface area contributed by atoms with Crippen molar-refractivity contribution < 1.29 is 13.3 Å². The van der Waals surface area contributed by atoms with E-state index in [2.05, 4.69) is 62.3 Å². The standard InChI is InChI=1S/C16H36O3Si/c1-10-16(9,11-2)12-20(17-13(3)4,18-14(5)6)19-15(7)8/h13-15H,10-12H2,1-9H3. The van der Waals surface area contributed by atoms with E-state index in [-0.39, 0.29) is 23.7 Å². The second kappa shape index (κ2) is 8.52. The predicted molar refractivity (Wildman–Crippen MR) is 87.9 cm³/mol. The van der Waals surface area contributed by atoms with Crippen molar-refractivity contribution in [1.82, 2.24) is 0 Å². The van der Waals surface area contributed by atoms with E-state index in [0.717, 1.165) is 18.9 Å². The lowest BCUT2D eigenvalue weighted by Gasteiger charge is -2.40. The van der Waals surface area contributed by atoms with Crippen molar-refractivity contribution in [3.8, 4) is 0 Å². The van der Waals surface area contributed by atoms with E-state index in [9.17, 15) is 0 Å². The van der Waals surface area contributed by atoms with Crippen LogP contribution in [0.2, 0.25) is 6.04 Å². The molecule has 0 heterocycles. The van der Waals surface area contributed by atoms with Gasteiger partial charge in [0.2, 0.25) is 0 Å². The molecule has 0 aliphatic heterocycles. The summed E-state index contributed by atoms with van der Waals surface area (Å²) in [5, 5.41) is 0. The molecule has 0 atom stereocenters. The first-order valence-electron chi connectivity index (χ1n) is 8.11. The van der Waals surface area contributed by atoms with E-state index >= 15 is 0 Å². The molecule has 122 valence electrons. The van der Waals surface area contributed by atoms with Crippen LogP contribution < -0.4 is 0 Å². The summed E-state index contributed by atoms with van der Waals surface area (Å²) in [6.45, 7) is 19.1. The van der Waals surface area contributed by atoms with E-state index in [4.69, 9.17) is 13.3 Å². The quantitative estimate of drug-likeness (QED) is 0.530. The molecule has 20 heavy (non-hydrogen) atoms. The summed E-state index contributed by atoms with van der Waals surface area (Å²) in [5.74, 6) is 0. The van der Waals surface area contributed by atoms with Crippen molar-refractivity contribution in [2.45, 2.75) is 99.5 Å². The maximum absolute atomic E-state index is 6.25. The molecule has 0 saturated heterocycles. The van der Waals surface area contributed by atoms with Crippen molar-refractivity contribution in [2.24, 2.45) is 5.41 Å². The molecule has 3 nitrogen and oxygen atoms in total. The smallest absolute Gasteiger partial charge is 0.371 e. The van der Waals surface area contributed by atoms with Gasteiger partial charge in [0.05, 0.1) is 0 Å². The average molecular weight is 305 g/mol. The largest absolute Gasteiger partial charge is 0.502 e. The van der Waals surface area contributed by atoms with Gasteiger partial charge in [-0.25, -0.2) is 0 Å². The Morgan fingerprint density at radius 1 is 0.750 bits per heavy atom. The Morgan fingerprint density at radius 2 is 1.05 bits per heavy atom. The maximum Gasteiger partial charge on any atom is 0.502 e. The fourth-order valence-electron chi connectivity index (χ4n) is 2.31. The van der Waals surface area contributed by atoms with Gasteiger partial charge in [-0.3, -0.25) is 0 Å². The van der Waals surface area contributed by atoms with E-state index in [0.29, 0.717) is 0 Å². The Labute approximate surface area is 127 Å². The third-order valence-corrected chi connectivity index (χ3v) is 7.37. The summed E-state index contributed by atoms with van der Waals surface area (Å²) in [6.07, 6.45) is 2.59. The van der Waals surface area contributed by atoms with Crippen LogP contribution in [0.4, 0.5) is 0 Å². The normalized spacial score (nSPS) is 13.8. The molecule has 0 aromatic rings. The molecule has 0 aliphatic rings. The summed E-state index contributed by atoms with van der Waals surface area (Å²) in [5.41, 5.74) is 0.213. The van der Waals surface area contributed by atoms with Crippen LogP contribution in [0.5, 0.6) is 0 Å². The van der Waals surface area contributed by atoms with Crippen LogP contribution >= 0.6 is 0 Å². The molecule has 0 aromatic heterocycles. The third-order valence-electron chi connectivity index (χ3n) is 3.60. The zero-order chi connectivity index (χ0) is 16.0. The molecular weight excluding hydrogens is 268 g/mol. The average Bonchev–Trinajstić information content (AvgIpc) is 2.25. The summed E-state index contributed by atoms with van der Waals surface area (Å²) in [4.78, 5) is 0. The van der Waals surface area contributed by atoms with Gasteiger partial charge in [0, 0.05) is 24.4 Å². The molecule has 0 saturated carbocycles. The van der Waals surface area contributed by atoms with Crippen LogP contribution in [0.25, 0.3) is 0 Å². The summed E-state index contributed by atoms with van der Waals surface area (Å²) in [7, 11) is -2.66. The zero-order valence-corrected chi connectivity index (χ0v) is 16.1. The molecule has 0 aliphatic carbocycles. The molecular formula is C16H36O3Si. The van der Waals surface area contributed by atoms with Crippen molar-refractivity contribution in [3.63, 3.8) is 0 Å². The van der Waals surface area contributed by atoms with E-state index < -0.39 is 8.80 Å². The van der Waals surface area contributed by atoms with E-state index in [1.807, 2.05) is 0 Å². The molecule has 0 bridgehead atoms. The highest BCUT2D eigenvalue weighted by molar-refractivity contribution is 6.61. The first-order chi connectivity index (χ1) is 9.08. The van der Waals surface area contributed by atoms with Crippen molar-refractivity contribution in [3.05, 3.63) is 0 Å². The monoisotopic (exact) mass is 304 g/mol. The van der Waals surface area contributed by atoms with Crippen molar-refractivity contribution in [1.29, 1.82) is 0 Å². The van der Waals surface area contributed by atoms with Crippen molar-refractivity contribution >= 4 is 8.80 Å². The van der Waals surface area contributed by atoms with Crippen LogP contribution in [0.15, 0.2) is 0 Å². The maximum atomic E-state index is 6.25. The molecule has 4 heteroatoms. The molecule has 0 amide bonds. The highest BCUT2D eigenvalue weighted by atomic mass is 28.4. The highest BCUT2D eigenvalue weighted by Crippen LogP contribution is 2.38. The first-order valence-corrected chi connectivity index (χ1v) is 10.0. The Kier molecular flexibility index (Phi) is 8.56. The highest BCUT2D eigenvalue weighted by Gasteiger charge is 2.48. The van der Waals surface area contributed by atoms with Gasteiger partial charge in [-0.2, -0.15) is 0 Å². The second-order valence-electron chi connectivity index (χ2n) is 6.88. The molecule has 0 fully saturated rings. The lowest BCUT2D eigenvalue weighted by molar-refractivity contribution is -0.00483. The number of hydrogen-bond donors (Lipinski definition) is 0. The first kappa shape index (κ1) is 20.1. The van der Waals surface area contributed by atoms with Gasteiger partial charge in [-0.05, 0) is 47.0 Å². The summed E-state index contributed by atoms with van der Waals surface area (Å²) >= 11 is 0. The predicted octanol–water partition coefficient (Wildman–Crippen LogP) is 5.03. The Bertz CT molecular complexity index is 234. The molecule has 0 spiro atoms.